The SMILES string of the molecule is O=C1NC(=O)c2cc(NC(=O)C3CC(O)CN3)ccc21. The molecule has 7 heteroatoms. The number of carbonyl (C=O) groups is 3. The fraction of sp³-hybridized carbons (Fsp3) is 0.308. The Balaban J connectivity index is 1.76. The maximum atomic E-state index is 12.0. The highest BCUT2D eigenvalue weighted by atomic mass is 16.3. The number of amides is 3. The van der Waals surface area contributed by atoms with Gasteiger partial charge >= 0.3 is 0 Å². The Morgan fingerprint density at radius 1 is 1.25 bits per heavy atom. The summed E-state index contributed by atoms with van der Waals surface area (Å²) in [5, 5.41) is 17.1. The van der Waals surface area contributed by atoms with Gasteiger partial charge in [-0.2, -0.15) is 0 Å². The zero-order chi connectivity index (χ0) is 14.3. The van der Waals surface area contributed by atoms with Gasteiger partial charge in [-0.25, -0.2) is 0 Å². The molecular formula is C13H13N3O4. The molecule has 0 saturated carbocycles. The van der Waals surface area contributed by atoms with Crippen LogP contribution in [0.2, 0.25) is 0 Å². The minimum absolute atomic E-state index is 0.257. The maximum absolute atomic E-state index is 12.0. The number of β-amino-alcohol motifs (C(OH)–C–C–N with tert-alkyl or cyclic N) is 1. The van der Waals surface area contributed by atoms with Gasteiger partial charge in [-0.3, -0.25) is 19.7 Å². The zero-order valence-corrected chi connectivity index (χ0v) is 10.5. The molecule has 2 aliphatic rings. The first-order valence-electron chi connectivity index (χ1n) is 6.26. The number of aliphatic hydroxyl groups excluding tert-OH is 1. The van der Waals surface area contributed by atoms with Crippen LogP contribution in [-0.4, -0.2) is 41.5 Å². The lowest BCUT2D eigenvalue weighted by Crippen LogP contribution is -2.35. The highest BCUT2D eigenvalue weighted by molar-refractivity contribution is 6.22. The fourth-order valence-electron chi connectivity index (χ4n) is 2.39. The molecule has 0 radical (unpaired) electrons. The van der Waals surface area contributed by atoms with Gasteiger partial charge in [0.2, 0.25) is 5.91 Å². The van der Waals surface area contributed by atoms with Gasteiger partial charge in [0.25, 0.3) is 11.8 Å². The highest BCUT2D eigenvalue weighted by Gasteiger charge is 2.29. The van der Waals surface area contributed by atoms with Crippen molar-refractivity contribution in [2.24, 2.45) is 0 Å². The standard InChI is InChI=1S/C13H13N3O4/c17-7-4-10(14-5-7)13(20)15-6-1-2-8-9(3-6)12(19)16-11(8)18/h1-3,7,10,14,17H,4-5H2,(H,15,20)(H,16,18,19). The van der Waals surface area contributed by atoms with Gasteiger partial charge in [-0.05, 0) is 24.6 Å². The van der Waals surface area contributed by atoms with E-state index in [1.54, 1.807) is 6.07 Å². The molecule has 2 atom stereocenters. The van der Waals surface area contributed by atoms with E-state index in [9.17, 15) is 19.5 Å². The molecule has 0 bridgehead atoms. The van der Waals surface area contributed by atoms with Crippen LogP contribution in [0.5, 0.6) is 0 Å². The Hall–Kier alpha value is -2.25. The molecule has 0 spiro atoms. The summed E-state index contributed by atoms with van der Waals surface area (Å²) in [5.74, 6) is -1.16. The summed E-state index contributed by atoms with van der Waals surface area (Å²) in [6.45, 7) is 0.388. The molecular weight excluding hydrogens is 262 g/mol. The van der Waals surface area contributed by atoms with Crippen LogP contribution in [0.1, 0.15) is 27.1 Å². The van der Waals surface area contributed by atoms with Gasteiger partial charge in [0.15, 0.2) is 0 Å². The first-order valence-corrected chi connectivity index (χ1v) is 6.26. The summed E-state index contributed by atoms with van der Waals surface area (Å²) >= 11 is 0. The number of benzene rings is 1. The number of rotatable bonds is 2. The predicted molar refractivity (Wildman–Crippen MR) is 69.3 cm³/mol. The molecule has 1 aromatic rings. The van der Waals surface area contributed by atoms with Crippen molar-refractivity contribution in [2.75, 3.05) is 11.9 Å². The van der Waals surface area contributed by atoms with Crippen molar-refractivity contribution in [1.29, 1.82) is 0 Å². The van der Waals surface area contributed by atoms with Gasteiger partial charge in [0.05, 0.1) is 23.3 Å². The van der Waals surface area contributed by atoms with E-state index in [2.05, 4.69) is 16.0 Å². The van der Waals surface area contributed by atoms with E-state index >= 15 is 0 Å². The summed E-state index contributed by atoms with van der Waals surface area (Å²) in [4.78, 5) is 34.9. The molecule has 1 saturated heterocycles. The van der Waals surface area contributed by atoms with Crippen LogP contribution in [0.15, 0.2) is 18.2 Å². The summed E-state index contributed by atoms with van der Waals surface area (Å²) in [6, 6.07) is 4.09. The molecule has 2 heterocycles. The average molecular weight is 275 g/mol. The third kappa shape index (κ3) is 2.17. The molecule has 3 rings (SSSR count). The maximum Gasteiger partial charge on any atom is 0.259 e. The lowest BCUT2D eigenvalue weighted by atomic mass is 10.1. The number of anilines is 1. The van der Waals surface area contributed by atoms with Crippen LogP contribution in [0.4, 0.5) is 5.69 Å². The smallest absolute Gasteiger partial charge is 0.259 e. The van der Waals surface area contributed by atoms with Gasteiger partial charge < -0.3 is 15.7 Å². The molecule has 2 aliphatic heterocycles. The Kier molecular flexibility index (Phi) is 3.00. The van der Waals surface area contributed by atoms with Crippen molar-refractivity contribution in [2.45, 2.75) is 18.6 Å². The molecule has 4 N–H and O–H groups in total. The Morgan fingerprint density at radius 3 is 2.70 bits per heavy atom. The Labute approximate surface area is 114 Å². The third-order valence-corrected chi connectivity index (χ3v) is 3.43. The molecule has 20 heavy (non-hydrogen) atoms. The van der Waals surface area contributed by atoms with E-state index < -0.39 is 24.0 Å². The first-order chi connectivity index (χ1) is 9.54. The third-order valence-electron chi connectivity index (χ3n) is 3.43. The number of carbonyl (C=O) groups excluding carboxylic acids is 3. The van der Waals surface area contributed by atoms with Gasteiger partial charge in [0.1, 0.15) is 0 Å². The van der Waals surface area contributed by atoms with Crippen molar-refractivity contribution in [3.8, 4) is 0 Å². The minimum Gasteiger partial charge on any atom is -0.392 e. The molecule has 3 amide bonds. The van der Waals surface area contributed by atoms with E-state index in [-0.39, 0.29) is 11.5 Å². The van der Waals surface area contributed by atoms with Gasteiger partial charge in [-0.15, -0.1) is 0 Å². The van der Waals surface area contributed by atoms with Crippen LogP contribution >= 0.6 is 0 Å². The summed E-state index contributed by atoms with van der Waals surface area (Å²) < 4.78 is 0. The number of nitrogens with one attached hydrogen (secondary N) is 3. The lowest BCUT2D eigenvalue weighted by molar-refractivity contribution is -0.117. The second-order valence-corrected chi connectivity index (χ2v) is 4.88. The Morgan fingerprint density at radius 2 is 2.00 bits per heavy atom. The monoisotopic (exact) mass is 275 g/mol. The predicted octanol–water partition coefficient (Wildman–Crippen LogP) is -0.769. The van der Waals surface area contributed by atoms with E-state index in [1.807, 2.05) is 0 Å². The van der Waals surface area contributed by atoms with Crippen LogP contribution in [0, 0.1) is 0 Å². The van der Waals surface area contributed by atoms with E-state index in [0.717, 1.165) is 0 Å². The number of imide groups is 1. The van der Waals surface area contributed by atoms with Crippen molar-refractivity contribution in [3.63, 3.8) is 0 Å². The van der Waals surface area contributed by atoms with Gasteiger partial charge in [0, 0.05) is 12.2 Å². The normalized spacial score (nSPS) is 24.4. The van der Waals surface area contributed by atoms with E-state index in [4.69, 9.17) is 0 Å². The van der Waals surface area contributed by atoms with Crippen LogP contribution in [0.3, 0.4) is 0 Å². The first kappa shape index (κ1) is 12.8. The summed E-state index contributed by atoms with van der Waals surface area (Å²) in [6.07, 6.45) is -0.162. The highest BCUT2D eigenvalue weighted by Crippen LogP contribution is 2.20. The average Bonchev–Trinajstić information content (AvgIpc) is 2.95. The van der Waals surface area contributed by atoms with Crippen LogP contribution < -0.4 is 16.0 Å². The van der Waals surface area contributed by atoms with Crippen molar-refractivity contribution in [1.82, 2.24) is 10.6 Å². The number of hydrogen-bond donors (Lipinski definition) is 4. The molecule has 0 aliphatic carbocycles. The number of aliphatic hydroxyl groups is 1. The van der Waals surface area contributed by atoms with Gasteiger partial charge in [-0.1, -0.05) is 0 Å². The molecule has 1 fully saturated rings. The molecule has 104 valence electrons. The topological polar surface area (TPSA) is 108 Å². The summed E-state index contributed by atoms with van der Waals surface area (Å²) in [5.41, 5.74) is 1.01. The number of fused-ring (bicyclic) bond motifs is 1. The van der Waals surface area contributed by atoms with Crippen molar-refractivity contribution < 1.29 is 19.5 Å². The zero-order valence-electron chi connectivity index (χ0n) is 10.5. The van der Waals surface area contributed by atoms with Crippen molar-refractivity contribution >= 4 is 23.4 Å². The fourth-order valence-corrected chi connectivity index (χ4v) is 2.39. The van der Waals surface area contributed by atoms with E-state index in [1.165, 1.54) is 12.1 Å². The molecule has 2 unspecified atom stereocenters. The summed E-state index contributed by atoms with van der Waals surface area (Å²) in [7, 11) is 0. The second kappa shape index (κ2) is 4.69. The van der Waals surface area contributed by atoms with Crippen LogP contribution in [0.25, 0.3) is 0 Å². The van der Waals surface area contributed by atoms with E-state index in [0.29, 0.717) is 24.2 Å². The molecule has 1 aromatic carbocycles. The largest absolute Gasteiger partial charge is 0.392 e. The minimum atomic E-state index is -0.519. The van der Waals surface area contributed by atoms with Crippen LogP contribution in [-0.2, 0) is 4.79 Å². The van der Waals surface area contributed by atoms with Crippen molar-refractivity contribution in [3.05, 3.63) is 29.3 Å². The number of hydrogen-bond acceptors (Lipinski definition) is 5. The molecule has 0 aromatic heterocycles. The lowest BCUT2D eigenvalue weighted by Gasteiger charge is -2.11. The second-order valence-electron chi connectivity index (χ2n) is 4.88. The molecule has 7 nitrogen and oxygen atoms in total. The Bertz CT molecular complexity index is 614. The quantitative estimate of drug-likeness (QED) is 0.530.